The van der Waals surface area contributed by atoms with Crippen molar-refractivity contribution in [3.8, 4) is 16.9 Å². The number of hydrogen-bond acceptors (Lipinski definition) is 4. The summed E-state index contributed by atoms with van der Waals surface area (Å²) >= 11 is 0. The van der Waals surface area contributed by atoms with E-state index in [1.165, 1.54) is 0 Å². The first-order valence-corrected chi connectivity index (χ1v) is 9.04. The minimum Gasteiger partial charge on any atom is -0.489 e. The number of benzene rings is 2. The molecule has 5 heteroatoms. The quantitative estimate of drug-likeness (QED) is 0.625. The van der Waals surface area contributed by atoms with Gasteiger partial charge in [-0.25, -0.2) is 4.79 Å². The minimum atomic E-state index is -1.08. The van der Waals surface area contributed by atoms with E-state index in [1.54, 1.807) is 6.07 Å². The first-order valence-electron chi connectivity index (χ1n) is 9.04. The molecule has 0 saturated carbocycles. The summed E-state index contributed by atoms with van der Waals surface area (Å²) in [4.78, 5) is 11.3. The lowest BCUT2D eigenvalue weighted by Crippen LogP contribution is -2.06. The van der Waals surface area contributed by atoms with Crippen LogP contribution in [0.25, 0.3) is 11.1 Å². The molecule has 1 N–H and O–H groups in total. The monoisotopic (exact) mass is 362 g/mol. The number of aromatic carboxylic acids is 1. The molecule has 0 radical (unpaired) electrons. The molecule has 0 atom stereocenters. The molecule has 0 bridgehead atoms. The highest BCUT2D eigenvalue weighted by Crippen LogP contribution is 2.26. The zero-order chi connectivity index (χ0) is 19.1. The van der Waals surface area contributed by atoms with Gasteiger partial charge < -0.3 is 9.84 Å². The second-order valence-corrected chi connectivity index (χ2v) is 6.30. The second-order valence-electron chi connectivity index (χ2n) is 6.30. The van der Waals surface area contributed by atoms with E-state index in [1.807, 2.05) is 54.6 Å². The van der Waals surface area contributed by atoms with Crippen molar-refractivity contribution in [3.05, 3.63) is 77.6 Å². The van der Waals surface area contributed by atoms with Crippen LogP contribution in [-0.4, -0.2) is 21.3 Å². The average molecular weight is 362 g/mol. The standard InChI is InChI=1S/C22H22N2O3/c1-2-3-9-20-19(14-21(22(25)26)24-23-20)17-10-12-18(13-11-17)27-15-16-7-5-4-6-8-16/h4-8,10-14H,2-3,9,15H2,1H3,(H,25,26). The van der Waals surface area contributed by atoms with Crippen LogP contribution in [0.2, 0.25) is 0 Å². The van der Waals surface area contributed by atoms with Gasteiger partial charge in [0.25, 0.3) is 0 Å². The summed E-state index contributed by atoms with van der Waals surface area (Å²) in [5.74, 6) is -0.313. The van der Waals surface area contributed by atoms with Gasteiger partial charge in [-0.2, -0.15) is 5.10 Å². The lowest BCUT2D eigenvalue weighted by molar-refractivity contribution is 0.0689. The SMILES string of the molecule is CCCCc1nnc(C(=O)O)cc1-c1ccc(OCc2ccccc2)cc1. The van der Waals surface area contributed by atoms with Crippen molar-refractivity contribution >= 4 is 5.97 Å². The van der Waals surface area contributed by atoms with Gasteiger partial charge in [0.1, 0.15) is 12.4 Å². The molecule has 0 fully saturated rings. The number of aromatic nitrogens is 2. The fourth-order valence-electron chi connectivity index (χ4n) is 2.77. The number of carboxylic acid groups (broad SMARTS) is 1. The zero-order valence-corrected chi connectivity index (χ0v) is 15.3. The Morgan fingerprint density at radius 1 is 1.04 bits per heavy atom. The molecule has 1 heterocycles. The molecule has 0 aliphatic rings. The van der Waals surface area contributed by atoms with Crippen LogP contribution in [0.4, 0.5) is 0 Å². The van der Waals surface area contributed by atoms with Crippen LogP contribution >= 0.6 is 0 Å². The number of hydrogen-bond donors (Lipinski definition) is 1. The Balaban J connectivity index is 1.80. The third-order valence-electron chi connectivity index (χ3n) is 4.27. The maximum Gasteiger partial charge on any atom is 0.356 e. The Labute approximate surface area is 158 Å². The molecule has 0 aliphatic heterocycles. The normalized spacial score (nSPS) is 10.6. The third-order valence-corrected chi connectivity index (χ3v) is 4.27. The van der Waals surface area contributed by atoms with Crippen LogP contribution in [0.3, 0.4) is 0 Å². The van der Waals surface area contributed by atoms with Gasteiger partial charge in [-0.3, -0.25) is 0 Å². The number of carbonyl (C=O) groups is 1. The maximum atomic E-state index is 11.3. The van der Waals surface area contributed by atoms with Gasteiger partial charge in [0.05, 0.1) is 5.69 Å². The van der Waals surface area contributed by atoms with Crippen LogP contribution in [0.15, 0.2) is 60.7 Å². The predicted molar refractivity (Wildman–Crippen MR) is 104 cm³/mol. The molecule has 5 nitrogen and oxygen atoms in total. The van der Waals surface area contributed by atoms with E-state index in [0.717, 1.165) is 47.4 Å². The van der Waals surface area contributed by atoms with Crippen LogP contribution in [-0.2, 0) is 13.0 Å². The van der Waals surface area contributed by atoms with E-state index < -0.39 is 5.97 Å². The molecule has 3 rings (SSSR count). The van der Waals surface area contributed by atoms with Gasteiger partial charge in [-0.05, 0) is 42.2 Å². The van der Waals surface area contributed by atoms with Gasteiger partial charge in [-0.15, -0.1) is 5.10 Å². The Morgan fingerprint density at radius 3 is 2.44 bits per heavy atom. The van der Waals surface area contributed by atoms with Gasteiger partial charge in [0, 0.05) is 5.56 Å². The molecule has 27 heavy (non-hydrogen) atoms. The van der Waals surface area contributed by atoms with Gasteiger partial charge in [0.15, 0.2) is 5.69 Å². The predicted octanol–water partition coefficient (Wildman–Crippen LogP) is 4.76. The summed E-state index contributed by atoms with van der Waals surface area (Å²) in [6.45, 7) is 2.61. The van der Waals surface area contributed by atoms with Crippen molar-refractivity contribution in [1.29, 1.82) is 0 Å². The molecule has 2 aromatic carbocycles. The van der Waals surface area contributed by atoms with Gasteiger partial charge in [-0.1, -0.05) is 55.8 Å². The molecule has 0 saturated heterocycles. The fraction of sp³-hybridized carbons (Fsp3) is 0.227. The zero-order valence-electron chi connectivity index (χ0n) is 15.3. The molecule has 0 aliphatic carbocycles. The van der Waals surface area contributed by atoms with Crippen LogP contribution in [0.5, 0.6) is 5.75 Å². The lowest BCUT2D eigenvalue weighted by Gasteiger charge is -2.11. The molecule has 0 spiro atoms. The summed E-state index contributed by atoms with van der Waals surface area (Å²) < 4.78 is 5.82. The number of rotatable bonds is 8. The average Bonchev–Trinajstić information content (AvgIpc) is 2.71. The molecular weight excluding hydrogens is 340 g/mol. The number of nitrogens with zero attached hydrogens (tertiary/aromatic N) is 2. The first-order chi connectivity index (χ1) is 13.2. The summed E-state index contributed by atoms with van der Waals surface area (Å²) in [5, 5.41) is 17.2. The van der Waals surface area contributed by atoms with Crippen LogP contribution < -0.4 is 4.74 Å². The summed E-state index contributed by atoms with van der Waals surface area (Å²) in [6.07, 6.45) is 2.78. The van der Waals surface area contributed by atoms with E-state index in [9.17, 15) is 9.90 Å². The summed E-state index contributed by atoms with van der Waals surface area (Å²) in [5.41, 5.74) is 3.60. The Morgan fingerprint density at radius 2 is 1.78 bits per heavy atom. The Hall–Kier alpha value is -3.21. The molecule has 0 amide bonds. The molecule has 3 aromatic rings. The van der Waals surface area contributed by atoms with Crippen molar-refractivity contribution in [1.82, 2.24) is 10.2 Å². The van der Waals surface area contributed by atoms with E-state index in [0.29, 0.717) is 6.61 Å². The van der Waals surface area contributed by atoms with E-state index in [2.05, 4.69) is 17.1 Å². The molecule has 0 unspecified atom stereocenters. The van der Waals surface area contributed by atoms with Crippen LogP contribution in [0.1, 0.15) is 41.5 Å². The number of unbranched alkanes of at least 4 members (excludes halogenated alkanes) is 1. The van der Waals surface area contributed by atoms with E-state index in [-0.39, 0.29) is 5.69 Å². The highest BCUT2D eigenvalue weighted by molar-refractivity contribution is 5.87. The Kier molecular flexibility index (Phi) is 6.15. The highest BCUT2D eigenvalue weighted by atomic mass is 16.5. The lowest BCUT2D eigenvalue weighted by atomic mass is 10.0. The Bertz CT molecular complexity index is 893. The van der Waals surface area contributed by atoms with E-state index >= 15 is 0 Å². The second kappa shape index (κ2) is 8.94. The van der Waals surface area contributed by atoms with Crippen molar-refractivity contribution in [2.24, 2.45) is 0 Å². The first kappa shape index (κ1) is 18.6. The van der Waals surface area contributed by atoms with E-state index in [4.69, 9.17) is 4.74 Å². The summed E-state index contributed by atoms with van der Waals surface area (Å²) in [6, 6.07) is 19.2. The smallest absolute Gasteiger partial charge is 0.356 e. The summed E-state index contributed by atoms with van der Waals surface area (Å²) in [7, 11) is 0. The fourth-order valence-corrected chi connectivity index (χ4v) is 2.77. The molecule has 1 aromatic heterocycles. The molecule has 138 valence electrons. The van der Waals surface area contributed by atoms with Crippen molar-refractivity contribution in [2.75, 3.05) is 0 Å². The topological polar surface area (TPSA) is 72.3 Å². The molecular formula is C22H22N2O3. The number of ether oxygens (including phenoxy) is 1. The maximum absolute atomic E-state index is 11.3. The number of carboxylic acids is 1. The number of aryl methyl sites for hydroxylation is 1. The third kappa shape index (κ3) is 4.91. The van der Waals surface area contributed by atoms with Crippen LogP contribution in [0, 0.1) is 0 Å². The van der Waals surface area contributed by atoms with Crippen molar-refractivity contribution in [3.63, 3.8) is 0 Å². The minimum absolute atomic E-state index is 0.0466. The van der Waals surface area contributed by atoms with Crippen molar-refractivity contribution in [2.45, 2.75) is 32.8 Å². The van der Waals surface area contributed by atoms with Gasteiger partial charge >= 0.3 is 5.97 Å². The highest BCUT2D eigenvalue weighted by Gasteiger charge is 2.13. The largest absolute Gasteiger partial charge is 0.489 e. The van der Waals surface area contributed by atoms with Gasteiger partial charge in [0.2, 0.25) is 0 Å². The van der Waals surface area contributed by atoms with Crippen molar-refractivity contribution < 1.29 is 14.6 Å².